The standard InChI is InChI=1S/C36H26N2OS/c1-3-9-23(10-4-1)29-13-7-15-31(37-29)25-17-19-33-27(21-25)35-28-22-26(18-20-34(28)40-36(35)39-33)32-16-8-14-30(38-32)24-11-5-2-6-12-24/h1-22,27,29,33,37H. The molecule has 1 aliphatic carbocycles. The van der Waals surface area contributed by atoms with Crippen molar-refractivity contribution in [3.05, 3.63) is 156 Å². The molecule has 0 fully saturated rings. The molecule has 4 heterocycles. The van der Waals surface area contributed by atoms with Crippen LogP contribution >= 0.6 is 11.3 Å². The number of pyridine rings is 1. The summed E-state index contributed by atoms with van der Waals surface area (Å²) in [6.45, 7) is 0. The van der Waals surface area contributed by atoms with Gasteiger partial charge < -0.3 is 10.1 Å². The Labute approximate surface area is 237 Å². The van der Waals surface area contributed by atoms with Gasteiger partial charge in [0.05, 0.1) is 17.4 Å². The second-order valence-electron chi connectivity index (χ2n) is 10.4. The van der Waals surface area contributed by atoms with E-state index in [0.29, 0.717) is 0 Å². The molecule has 3 aromatic carbocycles. The van der Waals surface area contributed by atoms with Crippen LogP contribution in [0, 0.1) is 0 Å². The van der Waals surface area contributed by atoms with Crippen molar-refractivity contribution >= 4 is 21.4 Å². The van der Waals surface area contributed by atoms with Gasteiger partial charge in [0.1, 0.15) is 6.10 Å². The van der Waals surface area contributed by atoms with Gasteiger partial charge in [-0.25, -0.2) is 4.98 Å². The number of nitrogens with one attached hydrogen (secondary N) is 1. The highest BCUT2D eigenvalue weighted by atomic mass is 32.1. The molecule has 2 aromatic heterocycles. The number of benzene rings is 3. The molecule has 40 heavy (non-hydrogen) atoms. The van der Waals surface area contributed by atoms with Crippen LogP contribution in [0.3, 0.4) is 0 Å². The van der Waals surface area contributed by atoms with E-state index in [2.05, 4.69) is 133 Å². The van der Waals surface area contributed by atoms with Crippen LogP contribution in [0.5, 0.6) is 5.06 Å². The first-order valence-corrected chi connectivity index (χ1v) is 14.5. The lowest BCUT2D eigenvalue weighted by atomic mass is 9.86. The predicted octanol–water partition coefficient (Wildman–Crippen LogP) is 8.76. The number of dihydropyridines is 1. The molecular weight excluding hydrogens is 508 g/mol. The van der Waals surface area contributed by atoms with Crippen LogP contribution in [0.2, 0.25) is 0 Å². The van der Waals surface area contributed by atoms with Crippen LogP contribution < -0.4 is 10.1 Å². The molecular formula is C36H26N2OS. The largest absolute Gasteiger partial charge is 0.475 e. The Kier molecular flexibility index (Phi) is 5.52. The first-order valence-electron chi connectivity index (χ1n) is 13.7. The number of hydrogen-bond acceptors (Lipinski definition) is 4. The van der Waals surface area contributed by atoms with Gasteiger partial charge in [-0.2, -0.15) is 0 Å². The number of allylic oxidation sites excluding steroid dienone is 3. The Morgan fingerprint density at radius 1 is 0.775 bits per heavy atom. The summed E-state index contributed by atoms with van der Waals surface area (Å²) in [6.07, 6.45) is 13.4. The number of rotatable bonds is 4. The number of nitrogens with zero attached hydrogens (tertiary/aromatic N) is 1. The molecule has 3 nitrogen and oxygen atoms in total. The molecule has 0 amide bonds. The zero-order valence-corrected chi connectivity index (χ0v) is 22.5. The molecule has 1 N–H and O–H groups in total. The molecule has 4 heteroatoms. The van der Waals surface area contributed by atoms with E-state index in [4.69, 9.17) is 9.72 Å². The smallest absolute Gasteiger partial charge is 0.179 e. The Bertz CT molecular complexity index is 1860. The van der Waals surface area contributed by atoms with E-state index in [-0.39, 0.29) is 18.1 Å². The van der Waals surface area contributed by atoms with E-state index >= 15 is 0 Å². The third-order valence-electron chi connectivity index (χ3n) is 7.91. The monoisotopic (exact) mass is 534 g/mol. The summed E-state index contributed by atoms with van der Waals surface area (Å²) in [5.74, 6) is 0.173. The highest BCUT2D eigenvalue weighted by Crippen LogP contribution is 2.52. The summed E-state index contributed by atoms with van der Waals surface area (Å²) < 4.78 is 7.71. The van der Waals surface area contributed by atoms with Crippen LogP contribution in [0.25, 0.3) is 32.6 Å². The van der Waals surface area contributed by atoms with Gasteiger partial charge >= 0.3 is 0 Å². The van der Waals surface area contributed by atoms with Gasteiger partial charge in [-0.3, -0.25) is 0 Å². The molecule has 8 rings (SSSR count). The summed E-state index contributed by atoms with van der Waals surface area (Å²) in [5.41, 5.74) is 9.11. The number of thiophene rings is 1. The van der Waals surface area contributed by atoms with Crippen molar-refractivity contribution in [3.8, 4) is 27.6 Å². The van der Waals surface area contributed by atoms with Crippen molar-refractivity contribution in [3.63, 3.8) is 0 Å². The molecule has 2 aliphatic heterocycles. The highest BCUT2D eigenvalue weighted by molar-refractivity contribution is 7.21. The SMILES string of the molecule is C1=CC(c2ccccc2)NC(C2=CC3c4c(sc5ccc(-c6cccc(-c7ccccc7)n6)cc45)OC3C=C2)=C1. The Balaban J connectivity index is 1.14. The zero-order chi connectivity index (χ0) is 26.5. The van der Waals surface area contributed by atoms with Crippen molar-refractivity contribution in [2.75, 3.05) is 0 Å². The predicted molar refractivity (Wildman–Crippen MR) is 164 cm³/mol. The maximum atomic E-state index is 6.46. The fourth-order valence-corrected chi connectivity index (χ4v) is 7.04. The molecule has 3 aliphatic rings. The minimum Gasteiger partial charge on any atom is -0.475 e. The summed E-state index contributed by atoms with van der Waals surface area (Å²) in [5, 5.41) is 6.02. The van der Waals surface area contributed by atoms with Crippen LogP contribution in [0.4, 0.5) is 0 Å². The van der Waals surface area contributed by atoms with Crippen LogP contribution in [-0.4, -0.2) is 11.1 Å². The Morgan fingerprint density at radius 2 is 1.57 bits per heavy atom. The van der Waals surface area contributed by atoms with Crippen LogP contribution in [-0.2, 0) is 0 Å². The minimum atomic E-state index is 0.0299. The maximum Gasteiger partial charge on any atom is 0.179 e. The lowest BCUT2D eigenvalue weighted by Crippen LogP contribution is -2.24. The summed E-state index contributed by atoms with van der Waals surface area (Å²) >= 11 is 1.74. The average molecular weight is 535 g/mol. The van der Waals surface area contributed by atoms with E-state index < -0.39 is 0 Å². The molecule has 0 bridgehead atoms. The maximum absolute atomic E-state index is 6.46. The highest BCUT2D eigenvalue weighted by Gasteiger charge is 2.37. The Morgan fingerprint density at radius 3 is 2.42 bits per heavy atom. The fraction of sp³-hybridized carbons (Fsp3) is 0.0833. The fourth-order valence-electron chi connectivity index (χ4n) is 5.91. The second-order valence-corrected chi connectivity index (χ2v) is 11.4. The van der Waals surface area contributed by atoms with Crippen LogP contribution in [0.15, 0.2) is 145 Å². The third kappa shape index (κ3) is 4.00. The minimum absolute atomic E-state index is 0.0299. The van der Waals surface area contributed by atoms with Gasteiger partial charge in [-0.15, -0.1) is 0 Å². The van der Waals surface area contributed by atoms with Crippen molar-refractivity contribution in [2.24, 2.45) is 0 Å². The topological polar surface area (TPSA) is 34.2 Å². The van der Waals surface area contributed by atoms with Gasteiger partial charge in [-0.1, -0.05) is 108 Å². The quantitative estimate of drug-likeness (QED) is 0.250. The van der Waals surface area contributed by atoms with Crippen molar-refractivity contribution < 1.29 is 4.74 Å². The first kappa shape index (κ1) is 23.2. The normalized spacial score (nSPS) is 20.8. The first-order chi connectivity index (χ1) is 19.8. The molecule has 5 aromatic rings. The lowest BCUT2D eigenvalue weighted by molar-refractivity contribution is 0.274. The molecule has 0 spiro atoms. The van der Waals surface area contributed by atoms with Gasteiger partial charge in [0, 0.05) is 38.4 Å². The van der Waals surface area contributed by atoms with Crippen LogP contribution in [0.1, 0.15) is 23.1 Å². The second kappa shape index (κ2) is 9.51. The number of hydrogen-bond donors (Lipinski definition) is 1. The molecule has 3 atom stereocenters. The molecule has 192 valence electrons. The van der Waals surface area contributed by atoms with Crippen molar-refractivity contribution in [2.45, 2.75) is 18.1 Å². The summed E-state index contributed by atoms with van der Waals surface area (Å²) in [4.78, 5) is 5.01. The third-order valence-corrected chi connectivity index (χ3v) is 8.99. The van der Waals surface area contributed by atoms with E-state index in [1.54, 1.807) is 11.3 Å². The number of aromatic nitrogens is 1. The number of ether oxygens (including phenoxy) is 1. The summed E-state index contributed by atoms with van der Waals surface area (Å²) in [7, 11) is 0. The average Bonchev–Trinajstić information content (AvgIpc) is 3.57. The summed E-state index contributed by atoms with van der Waals surface area (Å²) in [6, 6.07) is 34.0. The van der Waals surface area contributed by atoms with E-state index in [1.807, 2.05) is 6.07 Å². The van der Waals surface area contributed by atoms with E-state index in [1.165, 1.54) is 26.8 Å². The van der Waals surface area contributed by atoms with Crippen molar-refractivity contribution in [1.82, 2.24) is 10.3 Å². The Hall–Kier alpha value is -4.67. The van der Waals surface area contributed by atoms with E-state index in [9.17, 15) is 0 Å². The lowest BCUT2D eigenvalue weighted by Gasteiger charge is -2.26. The molecule has 0 saturated heterocycles. The van der Waals surface area contributed by atoms with Gasteiger partial charge in [0.25, 0.3) is 0 Å². The zero-order valence-electron chi connectivity index (χ0n) is 21.7. The molecule has 0 saturated carbocycles. The van der Waals surface area contributed by atoms with Gasteiger partial charge in [0.2, 0.25) is 0 Å². The van der Waals surface area contributed by atoms with Gasteiger partial charge in [-0.05, 0) is 47.6 Å². The number of fused-ring (bicyclic) bond motifs is 5. The van der Waals surface area contributed by atoms with Crippen molar-refractivity contribution in [1.29, 1.82) is 0 Å². The van der Waals surface area contributed by atoms with Gasteiger partial charge in [0.15, 0.2) is 5.06 Å². The molecule has 3 unspecified atom stereocenters. The molecule has 0 radical (unpaired) electrons. The van der Waals surface area contributed by atoms with E-state index in [0.717, 1.165) is 33.3 Å².